The van der Waals surface area contributed by atoms with Crippen molar-refractivity contribution in [3.05, 3.63) is 23.9 Å². The van der Waals surface area contributed by atoms with E-state index in [1.54, 1.807) is 7.11 Å². The Morgan fingerprint density at radius 3 is 3.18 bits per heavy atom. The van der Waals surface area contributed by atoms with Crippen molar-refractivity contribution in [1.29, 1.82) is 0 Å². The van der Waals surface area contributed by atoms with Crippen LogP contribution >= 0.6 is 0 Å². The number of nitrogens with one attached hydrogen (secondary N) is 1. The molecule has 0 bridgehead atoms. The van der Waals surface area contributed by atoms with Gasteiger partial charge in [0.2, 0.25) is 0 Å². The number of aromatic nitrogens is 1. The Labute approximate surface area is 103 Å². The molecule has 2 rings (SSSR count). The summed E-state index contributed by atoms with van der Waals surface area (Å²) in [6.45, 7) is 6.01. The third kappa shape index (κ3) is 3.17. The molecule has 1 N–H and O–H groups in total. The lowest BCUT2D eigenvalue weighted by Crippen LogP contribution is -2.23. The fourth-order valence-electron chi connectivity index (χ4n) is 2.14. The van der Waals surface area contributed by atoms with E-state index >= 15 is 0 Å². The van der Waals surface area contributed by atoms with Crippen LogP contribution in [0.5, 0.6) is 0 Å². The molecule has 1 aromatic heterocycles. The first-order valence-corrected chi connectivity index (χ1v) is 6.27. The molecule has 2 heterocycles. The van der Waals surface area contributed by atoms with E-state index in [1.807, 2.05) is 6.20 Å². The second kappa shape index (κ2) is 5.98. The van der Waals surface area contributed by atoms with Crippen molar-refractivity contribution in [3.63, 3.8) is 0 Å². The molecular formula is C13H21N3O. The lowest BCUT2D eigenvalue weighted by atomic mass is 10.2. The second-order valence-corrected chi connectivity index (χ2v) is 4.40. The van der Waals surface area contributed by atoms with E-state index in [1.165, 1.54) is 5.56 Å². The summed E-state index contributed by atoms with van der Waals surface area (Å²) in [6, 6.07) is 4.23. The van der Waals surface area contributed by atoms with Crippen LogP contribution in [-0.4, -0.2) is 37.8 Å². The number of anilines is 1. The van der Waals surface area contributed by atoms with Crippen molar-refractivity contribution in [2.24, 2.45) is 0 Å². The van der Waals surface area contributed by atoms with Gasteiger partial charge in [-0.05, 0) is 30.7 Å². The zero-order chi connectivity index (χ0) is 12.1. The molecule has 94 valence electrons. The smallest absolute Gasteiger partial charge is 0.128 e. The largest absolute Gasteiger partial charge is 0.380 e. The van der Waals surface area contributed by atoms with Gasteiger partial charge in [0.05, 0.1) is 6.10 Å². The number of hydrogen-bond donors (Lipinski definition) is 1. The van der Waals surface area contributed by atoms with E-state index in [9.17, 15) is 0 Å². The van der Waals surface area contributed by atoms with Crippen LogP contribution in [0.4, 0.5) is 5.82 Å². The molecule has 4 heteroatoms. The maximum Gasteiger partial charge on any atom is 0.128 e. The summed E-state index contributed by atoms with van der Waals surface area (Å²) in [5, 5.41) is 3.33. The number of methoxy groups -OCH3 is 1. The van der Waals surface area contributed by atoms with Gasteiger partial charge in [-0.3, -0.25) is 0 Å². The number of nitrogens with zero attached hydrogens (tertiary/aromatic N) is 2. The minimum Gasteiger partial charge on any atom is -0.380 e. The Bertz CT molecular complexity index is 356. The van der Waals surface area contributed by atoms with E-state index in [-0.39, 0.29) is 0 Å². The summed E-state index contributed by atoms with van der Waals surface area (Å²) in [6.07, 6.45) is 3.34. The lowest BCUT2D eigenvalue weighted by Gasteiger charge is -2.17. The molecule has 1 aliphatic heterocycles. The van der Waals surface area contributed by atoms with Crippen LogP contribution in [0.2, 0.25) is 0 Å². The Morgan fingerprint density at radius 2 is 2.47 bits per heavy atom. The lowest BCUT2D eigenvalue weighted by molar-refractivity contribution is 0.121. The summed E-state index contributed by atoms with van der Waals surface area (Å²) in [7, 11) is 1.78. The van der Waals surface area contributed by atoms with Crippen molar-refractivity contribution in [3.8, 4) is 0 Å². The van der Waals surface area contributed by atoms with Crippen LogP contribution in [0.25, 0.3) is 0 Å². The van der Waals surface area contributed by atoms with Crippen LogP contribution in [-0.2, 0) is 11.3 Å². The molecular weight excluding hydrogens is 214 g/mol. The summed E-state index contributed by atoms with van der Waals surface area (Å²) >= 11 is 0. The molecule has 0 amide bonds. The van der Waals surface area contributed by atoms with Crippen LogP contribution < -0.4 is 10.2 Å². The molecule has 1 atom stereocenters. The van der Waals surface area contributed by atoms with Gasteiger partial charge >= 0.3 is 0 Å². The van der Waals surface area contributed by atoms with E-state index in [0.717, 1.165) is 38.4 Å². The van der Waals surface area contributed by atoms with Gasteiger partial charge in [0, 0.05) is 32.9 Å². The molecule has 17 heavy (non-hydrogen) atoms. The highest BCUT2D eigenvalue weighted by Gasteiger charge is 2.22. The van der Waals surface area contributed by atoms with Crippen LogP contribution in [0, 0.1) is 0 Å². The topological polar surface area (TPSA) is 37.4 Å². The van der Waals surface area contributed by atoms with E-state index in [0.29, 0.717) is 6.10 Å². The van der Waals surface area contributed by atoms with Crippen molar-refractivity contribution < 1.29 is 4.74 Å². The first-order chi connectivity index (χ1) is 8.33. The normalized spacial score (nSPS) is 19.9. The minimum absolute atomic E-state index is 0.356. The molecule has 1 aliphatic rings. The molecule has 1 unspecified atom stereocenters. The average Bonchev–Trinajstić information content (AvgIpc) is 2.85. The van der Waals surface area contributed by atoms with E-state index in [2.05, 4.69) is 34.3 Å². The molecule has 0 aliphatic carbocycles. The van der Waals surface area contributed by atoms with E-state index < -0.39 is 0 Å². The van der Waals surface area contributed by atoms with Gasteiger partial charge < -0.3 is 15.0 Å². The molecule has 1 aromatic rings. The van der Waals surface area contributed by atoms with E-state index in [4.69, 9.17) is 4.74 Å². The Hall–Kier alpha value is -1.13. The number of rotatable bonds is 5. The third-order valence-electron chi connectivity index (χ3n) is 3.19. The second-order valence-electron chi connectivity index (χ2n) is 4.40. The predicted octanol–water partition coefficient (Wildman–Crippen LogP) is 1.42. The van der Waals surface area contributed by atoms with Gasteiger partial charge in [0.1, 0.15) is 5.82 Å². The van der Waals surface area contributed by atoms with Gasteiger partial charge in [-0.15, -0.1) is 0 Å². The molecule has 0 spiro atoms. The molecule has 4 nitrogen and oxygen atoms in total. The molecule has 1 fully saturated rings. The number of hydrogen-bond acceptors (Lipinski definition) is 4. The van der Waals surface area contributed by atoms with Crippen molar-refractivity contribution >= 4 is 5.82 Å². The minimum atomic E-state index is 0.356. The van der Waals surface area contributed by atoms with Gasteiger partial charge in [-0.2, -0.15) is 0 Å². The molecule has 0 saturated carbocycles. The first-order valence-electron chi connectivity index (χ1n) is 6.27. The van der Waals surface area contributed by atoms with Crippen LogP contribution in [0.1, 0.15) is 18.9 Å². The fraction of sp³-hybridized carbons (Fsp3) is 0.615. The fourth-order valence-corrected chi connectivity index (χ4v) is 2.14. The summed E-state index contributed by atoms with van der Waals surface area (Å²) in [5.74, 6) is 1.07. The Balaban J connectivity index is 2.01. The Morgan fingerprint density at radius 1 is 1.59 bits per heavy atom. The van der Waals surface area contributed by atoms with Crippen molar-refractivity contribution in [2.75, 3.05) is 31.6 Å². The van der Waals surface area contributed by atoms with Gasteiger partial charge in [0.25, 0.3) is 0 Å². The van der Waals surface area contributed by atoms with Gasteiger partial charge in [-0.25, -0.2) is 4.98 Å². The highest BCUT2D eigenvalue weighted by atomic mass is 16.5. The van der Waals surface area contributed by atoms with Crippen molar-refractivity contribution in [2.45, 2.75) is 26.0 Å². The zero-order valence-electron chi connectivity index (χ0n) is 10.6. The average molecular weight is 235 g/mol. The maximum absolute atomic E-state index is 5.38. The van der Waals surface area contributed by atoms with Crippen LogP contribution in [0.3, 0.4) is 0 Å². The van der Waals surface area contributed by atoms with Gasteiger partial charge in [0.15, 0.2) is 0 Å². The monoisotopic (exact) mass is 235 g/mol. The summed E-state index contributed by atoms with van der Waals surface area (Å²) < 4.78 is 5.38. The standard InChI is InChI=1S/C13H21N3O/c1-3-14-9-11-4-6-15-13(8-11)16-7-5-12(10-16)17-2/h4,6,8,12,14H,3,5,7,9-10H2,1-2H3. The van der Waals surface area contributed by atoms with Gasteiger partial charge in [-0.1, -0.05) is 6.92 Å². The maximum atomic E-state index is 5.38. The SMILES string of the molecule is CCNCc1ccnc(N2CCC(OC)C2)c1. The third-order valence-corrected chi connectivity index (χ3v) is 3.19. The summed E-state index contributed by atoms with van der Waals surface area (Å²) in [5.41, 5.74) is 1.29. The number of pyridine rings is 1. The molecule has 0 radical (unpaired) electrons. The summed E-state index contributed by atoms with van der Waals surface area (Å²) in [4.78, 5) is 6.74. The zero-order valence-corrected chi connectivity index (χ0v) is 10.6. The Kier molecular flexibility index (Phi) is 4.34. The molecule has 0 aromatic carbocycles. The quantitative estimate of drug-likeness (QED) is 0.837. The first kappa shape index (κ1) is 12.3. The molecule has 1 saturated heterocycles. The predicted molar refractivity (Wildman–Crippen MR) is 69.2 cm³/mol. The highest BCUT2D eigenvalue weighted by molar-refractivity contribution is 5.42. The highest BCUT2D eigenvalue weighted by Crippen LogP contribution is 2.20. The number of ether oxygens (including phenoxy) is 1. The van der Waals surface area contributed by atoms with Crippen molar-refractivity contribution in [1.82, 2.24) is 10.3 Å². The van der Waals surface area contributed by atoms with Crippen LogP contribution in [0.15, 0.2) is 18.3 Å².